The molecule has 1 aromatic heterocycles. The number of piperazine rings is 1. The molecule has 2 aromatic carbocycles. The lowest BCUT2D eigenvalue weighted by atomic mass is 10.1. The van der Waals surface area contributed by atoms with E-state index in [-0.39, 0.29) is 11.9 Å². The third-order valence-corrected chi connectivity index (χ3v) is 5.30. The molecule has 7 heteroatoms. The van der Waals surface area contributed by atoms with Crippen molar-refractivity contribution in [3.63, 3.8) is 0 Å². The largest absolute Gasteiger partial charge is 0.497 e. The van der Waals surface area contributed by atoms with Crippen LogP contribution in [0.3, 0.4) is 0 Å². The Morgan fingerprint density at radius 2 is 1.67 bits per heavy atom. The van der Waals surface area contributed by atoms with E-state index >= 15 is 0 Å². The van der Waals surface area contributed by atoms with E-state index in [1.165, 1.54) is 0 Å². The number of nitrogens with zero attached hydrogens (tertiary/aromatic N) is 4. The van der Waals surface area contributed by atoms with Crippen LogP contribution in [0.1, 0.15) is 24.3 Å². The van der Waals surface area contributed by atoms with Gasteiger partial charge in [-0.05, 0) is 26.0 Å². The molecule has 0 unspecified atom stereocenters. The number of methoxy groups -OCH3 is 1. The standard InChI is InChI=1S/C23H27N5O2/c1-16(2)24-23(29)21-19-9-4-5-10-20(19)22(26-25-21)28-13-11-27(12-14-28)17-7-6-8-18(15-17)30-3/h4-10,15-16H,11-14H2,1-3H3,(H,24,29). The number of amides is 1. The summed E-state index contributed by atoms with van der Waals surface area (Å²) in [6.07, 6.45) is 0. The van der Waals surface area contributed by atoms with E-state index in [2.05, 4.69) is 37.4 Å². The second-order valence-electron chi connectivity index (χ2n) is 7.72. The van der Waals surface area contributed by atoms with Crippen molar-refractivity contribution >= 4 is 28.2 Å². The summed E-state index contributed by atoms with van der Waals surface area (Å²) in [6.45, 7) is 7.27. The summed E-state index contributed by atoms with van der Waals surface area (Å²) >= 11 is 0. The molecular formula is C23H27N5O2. The van der Waals surface area contributed by atoms with Gasteiger partial charge >= 0.3 is 0 Å². The van der Waals surface area contributed by atoms with Crippen LogP contribution in [-0.2, 0) is 0 Å². The van der Waals surface area contributed by atoms with Gasteiger partial charge in [0.25, 0.3) is 5.91 Å². The first-order valence-electron chi connectivity index (χ1n) is 10.3. The molecule has 1 aliphatic heterocycles. The molecule has 1 saturated heterocycles. The summed E-state index contributed by atoms with van der Waals surface area (Å²) in [7, 11) is 1.69. The lowest BCUT2D eigenvalue weighted by Crippen LogP contribution is -2.47. The highest BCUT2D eigenvalue weighted by Crippen LogP contribution is 2.28. The van der Waals surface area contributed by atoms with Crippen LogP contribution in [0.4, 0.5) is 11.5 Å². The number of ether oxygens (including phenoxy) is 1. The van der Waals surface area contributed by atoms with Crippen LogP contribution in [0, 0.1) is 0 Å². The van der Waals surface area contributed by atoms with Gasteiger partial charge in [0.2, 0.25) is 0 Å². The molecule has 0 radical (unpaired) electrons. The SMILES string of the molecule is COc1cccc(N2CCN(c3nnc(C(=O)NC(C)C)c4ccccc34)CC2)c1. The lowest BCUT2D eigenvalue weighted by Gasteiger charge is -2.37. The van der Waals surface area contributed by atoms with Gasteiger partial charge in [-0.3, -0.25) is 4.79 Å². The van der Waals surface area contributed by atoms with Crippen molar-refractivity contribution in [2.24, 2.45) is 0 Å². The van der Waals surface area contributed by atoms with Crippen molar-refractivity contribution in [2.45, 2.75) is 19.9 Å². The lowest BCUT2D eigenvalue weighted by molar-refractivity contribution is 0.0939. The van der Waals surface area contributed by atoms with Crippen molar-refractivity contribution in [3.8, 4) is 5.75 Å². The van der Waals surface area contributed by atoms with Crippen LogP contribution < -0.4 is 19.9 Å². The van der Waals surface area contributed by atoms with Gasteiger partial charge in [0.15, 0.2) is 11.5 Å². The molecule has 1 N–H and O–H groups in total. The summed E-state index contributed by atoms with van der Waals surface area (Å²) in [6, 6.07) is 16.0. The zero-order chi connectivity index (χ0) is 21.1. The Kier molecular flexibility index (Phi) is 5.70. The maximum atomic E-state index is 12.6. The van der Waals surface area contributed by atoms with E-state index in [0.717, 1.165) is 54.2 Å². The zero-order valence-electron chi connectivity index (χ0n) is 17.6. The molecule has 0 bridgehead atoms. The summed E-state index contributed by atoms with van der Waals surface area (Å²) < 4.78 is 5.35. The summed E-state index contributed by atoms with van der Waals surface area (Å²) in [5, 5.41) is 13.5. The second kappa shape index (κ2) is 8.57. The Hall–Kier alpha value is -3.35. The summed E-state index contributed by atoms with van der Waals surface area (Å²) in [5.41, 5.74) is 1.53. The smallest absolute Gasteiger partial charge is 0.272 e. The van der Waals surface area contributed by atoms with E-state index in [1.54, 1.807) is 7.11 Å². The monoisotopic (exact) mass is 405 g/mol. The number of rotatable bonds is 5. The number of nitrogens with one attached hydrogen (secondary N) is 1. The molecule has 1 fully saturated rings. The van der Waals surface area contributed by atoms with E-state index < -0.39 is 0 Å². The highest BCUT2D eigenvalue weighted by atomic mass is 16.5. The molecule has 2 heterocycles. The number of aromatic nitrogens is 2. The number of carbonyl (C=O) groups excluding carboxylic acids is 1. The number of carbonyl (C=O) groups is 1. The third kappa shape index (κ3) is 4.01. The third-order valence-electron chi connectivity index (χ3n) is 5.30. The number of benzene rings is 2. The number of hydrogen-bond acceptors (Lipinski definition) is 6. The predicted octanol–water partition coefficient (Wildman–Crippen LogP) is 3.10. The zero-order valence-corrected chi connectivity index (χ0v) is 17.6. The molecule has 1 aliphatic rings. The molecule has 1 amide bonds. The maximum Gasteiger partial charge on any atom is 0.272 e. The van der Waals surface area contributed by atoms with Crippen LogP contribution in [0.2, 0.25) is 0 Å². The Labute approximate surface area is 176 Å². The first-order valence-corrected chi connectivity index (χ1v) is 10.3. The summed E-state index contributed by atoms with van der Waals surface area (Å²) in [4.78, 5) is 17.2. The van der Waals surface area contributed by atoms with Gasteiger partial charge in [-0.2, -0.15) is 0 Å². The molecule has 0 spiro atoms. The van der Waals surface area contributed by atoms with Crippen LogP contribution in [0.25, 0.3) is 10.8 Å². The Bertz CT molecular complexity index is 1040. The maximum absolute atomic E-state index is 12.6. The van der Waals surface area contributed by atoms with Gasteiger partial charge in [0.1, 0.15) is 5.75 Å². The van der Waals surface area contributed by atoms with Gasteiger partial charge in [-0.15, -0.1) is 10.2 Å². The molecule has 0 atom stereocenters. The van der Waals surface area contributed by atoms with Crippen molar-refractivity contribution in [3.05, 3.63) is 54.2 Å². The van der Waals surface area contributed by atoms with Crippen LogP contribution >= 0.6 is 0 Å². The molecular weight excluding hydrogens is 378 g/mol. The minimum absolute atomic E-state index is 0.0439. The Morgan fingerprint density at radius 1 is 0.967 bits per heavy atom. The minimum Gasteiger partial charge on any atom is -0.497 e. The Balaban J connectivity index is 1.57. The van der Waals surface area contributed by atoms with Gasteiger partial charge < -0.3 is 19.9 Å². The van der Waals surface area contributed by atoms with Crippen LogP contribution in [-0.4, -0.2) is 55.4 Å². The highest BCUT2D eigenvalue weighted by Gasteiger charge is 2.23. The molecule has 156 valence electrons. The number of hydrogen-bond donors (Lipinski definition) is 1. The van der Waals surface area contributed by atoms with Crippen LogP contribution in [0.15, 0.2) is 48.5 Å². The molecule has 3 aromatic rings. The highest BCUT2D eigenvalue weighted by molar-refractivity contribution is 6.07. The first kappa shape index (κ1) is 19.9. The molecule has 0 aliphatic carbocycles. The van der Waals surface area contributed by atoms with E-state index in [9.17, 15) is 4.79 Å². The van der Waals surface area contributed by atoms with Gasteiger partial charge in [-0.25, -0.2) is 0 Å². The fourth-order valence-electron chi connectivity index (χ4n) is 3.81. The van der Waals surface area contributed by atoms with Crippen LogP contribution in [0.5, 0.6) is 5.75 Å². The fourth-order valence-corrected chi connectivity index (χ4v) is 3.81. The van der Waals surface area contributed by atoms with Gasteiger partial charge in [0, 0.05) is 54.7 Å². The first-order chi connectivity index (χ1) is 14.6. The average Bonchev–Trinajstić information content (AvgIpc) is 2.78. The summed E-state index contributed by atoms with van der Waals surface area (Å²) in [5.74, 6) is 1.50. The van der Waals surface area contributed by atoms with Gasteiger partial charge in [-0.1, -0.05) is 30.3 Å². The predicted molar refractivity (Wildman–Crippen MR) is 120 cm³/mol. The molecule has 4 rings (SSSR count). The van der Waals surface area contributed by atoms with E-state index in [1.807, 2.05) is 50.2 Å². The minimum atomic E-state index is -0.192. The molecule has 0 saturated carbocycles. The average molecular weight is 406 g/mol. The van der Waals surface area contributed by atoms with E-state index in [4.69, 9.17) is 4.74 Å². The number of anilines is 2. The van der Waals surface area contributed by atoms with Gasteiger partial charge in [0.05, 0.1) is 7.11 Å². The Morgan fingerprint density at radius 3 is 2.37 bits per heavy atom. The van der Waals surface area contributed by atoms with Crippen molar-refractivity contribution in [1.29, 1.82) is 0 Å². The fraction of sp³-hybridized carbons (Fsp3) is 0.348. The normalized spacial score (nSPS) is 14.3. The molecule has 30 heavy (non-hydrogen) atoms. The van der Waals surface area contributed by atoms with E-state index in [0.29, 0.717) is 5.69 Å². The second-order valence-corrected chi connectivity index (χ2v) is 7.72. The van der Waals surface area contributed by atoms with Crippen molar-refractivity contribution in [1.82, 2.24) is 15.5 Å². The number of fused-ring (bicyclic) bond motifs is 1. The van der Waals surface area contributed by atoms with Crippen molar-refractivity contribution in [2.75, 3.05) is 43.1 Å². The van der Waals surface area contributed by atoms with Crippen molar-refractivity contribution < 1.29 is 9.53 Å². The topological polar surface area (TPSA) is 70.6 Å². The quantitative estimate of drug-likeness (QED) is 0.703. The molecule has 7 nitrogen and oxygen atoms in total.